The van der Waals surface area contributed by atoms with E-state index >= 15 is 0 Å². The molecule has 0 radical (unpaired) electrons. The molecule has 7 heteroatoms. The van der Waals surface area contributed by atoms with Crippen LogP contribution in [0.3, 0.4) is 0 Å². The molecule has 1 atom stereocenters. The van der Waals surface area contributed by atoms with Crippen molar-refractivity contribution in [3.8, 4) is 0 Å². The first-order valence-corrected chi connectivity index (χ1v) is 5.27. The van der Waals surface area contributed by atoms with Gasteiger partial charge in [0.05, 0.1) is 6.04 Å². The van der Waals surface area contributed by atoms with Crippen LogP contribution in [0, 0.1) is 0 Å². The normalized spacial score (nSPS) is 20.5. The van der Waals surface area contributed by atoms with Crippen molar-refractivity contribution in [1.29, 1.82) is 0 Å². The molecule has 15 heavy (non-hydrogen) atoms. The fourth-order valence-electron chi connectivity index (χ4n) is 1.37. The van der Waals surface area contributed by atoms with Gasteiger partial charge < -0.3 is 10.8 Å². The third-order valence-electron chi connectivity index (χ3n) is 2.07. The fourth-order valence-corrected chi connectivity index (χ4v) is 2.22. The van der Waals surface area contributed by atoms with Crippen LogP contribution in [0.15, 0.2) is 10.5 Å². The van der Waals surface area contributed by atoms with E-state index in [0.29, 0.717) is 17.4 Å². The van der Waals surface area contributed by atoms with E-state index < -0.39 is 5.97 Å². The van der Waals surface area contributed by atoms with Crippen LogP contribution in [-0.4, -0.2) is 27.9 Å². The van der Waals surface area contributed by atoms with Crippen LogP contribution >= 0.6 is 11.3 Å². The number of nitrogens with two attached hydrogens (primary N) is 1. The first-order chi connectivity index (χ1) is 7.08. The minimum Gasteiger partial charge on any atom is -0.476 e. The van der Waals surface area contributed by atoms with Gasteiger partial charge in [0, 0.05) is 11.8 Å². The fraction of sp³-hybridized carbons (Fsp3) is 0.375. The maximum absolute atomic E-state index is 10.6. The van der Waals surface area contributed by atoms with Gasteiger partial charge in [0.15, 0.2) is 5.69 Å². The number of hydrazone groups is 1. The second-order valence-electron chi connectivity index (χ2n) is 3.31. The summed E-state index contributed by atoms with van der Waals surface area (Å²) in [6, 6.07) is 0.137. The molecule has 0 saturated carbocycles. The molecule has 1 aliphatic rings. The van der Waals surface area contributed by atoms with Gasteiger partial charge in [-0.05, 0) is 6.92 Å². The summed E-state index contributed by atoms with van der Waals surface area (Å²) in [5, 5.41) is 16.5. The Morgan fingerprint density at radius 1 is 1.80 bits per heavy atom. The lowest BCUT2D eigenvalue weighted by molar-refractivity contribution is 0.0691. The molecule has 2 heterocycles. The monoisotopic (exact) mass is 226 g/mol. The minimum atomic E-state index is -1.03. The molecule has 1 aliphatic heterocycles. The number of hydrogen-bond acceptors (Lipinski definition) is 6. The Labute approximate surface area is 90.0 Å². The molecule has 2 rings (SSSR count). The molecular formula is C8H10N4O2S. The van der Waals surface area contributed by atoms with Crippen LogP contribution in [-0.2, 0) is 0 Å². The van der Waals surface area contributed by atoms with Crippen LogP contribution in [0.25, 0.3) is 0 Å². The average Bonchev–Trinajstić information content (AvgIpc) is 2.71. The van der Waals surface area contributed by atoms with Gasteiger partial charge in [-0.15, -0.1) is 11.3 Å². The van der Waals surface area contributed by atoms with Crippen LogP contribution in [0.2, 0.25) is 0 Å². The Balaban J connectivity index is 2.26. The number of carbonyl (C=O) groups is 1. The van der Waals surface area contributed by atoms with Gasteiger partial charge in [-0.2, -0.15) is 5.10 Å². The summed E-state index contributed by atoms with van der Waals surface area (Å²) in [5.41, 5.74) is 5.63. The van der Waals surface area contributed by atoms with Gasteiger partial charge in [-0.25, -0.2) is 14.8 Å². The Morgan fingerprint density at radius 2 is 2.53 bits per heavy atom. The predicted molar refractivity (Wildman–Crippen MR) is 57.3 cm³/mol. The van der Waals surface area contributed by atoms with Crippen molar-refractivity contribution in [1.82, 2.24) is 4.98 Å². The molecule has 0 fully saturated rings. The average molecular weight is 226 g/mol. The van der Waals surface area contributed by atoms with E-state index in [0.717, 1.165) is 0 Å². The first-order valence-electron chi connectivity index (χ1n) is 4.39. The molecule has 0 spiro atoms. The summed E-state index contributed by atoms with van der Waals surface area (Å²) >= 11 is 1.25. The Kier molecular flexibility index (Phi) is 2.31. The lowest BCUT2D eigenvalue weighted by Gasteiger charge is -2.15. The SMILES string of the molecule is CC1CC(N)=NN1c1nc(C(=O)O)cs1. The first kappa shape index (κ1) is 9.91. The third-order valence-corrected chi connectivity index (χ3v) is 2.90. The number of anilines is 1. The largest absolute Gasteiger partial charge is 0.476 e. The molecule has 1 unspecified atom stereocenters. The lowest BCUT2D eigenvalue weighted by atomic mass is 10.2. The van der Waals surface area contributed by atoms with E-state index in [1.807, 2.05) is 6.92 Å². The summed E-state index contributed by atoms with van der Waals surface area (Å²) in [4.78, 5) is 14.6. The van der Waals surface area contributed by atoms with Gasteiger partial charge in [-0.1, -0.05) is 0 Å². The summed E-state index contributed by atoms with van der Waals surface area (Å²) in [7, 11) is 0. The van der Waals surface area contributed by atoms with Gasteiger partial charge in [0.1, 0.15) is 5.84 Å². The van der Waals surface area contributed by atoms with Crippen LogP contribution in [0.5, 0.6) is 0 Å². The molecular weight excluding hydrogens is 216 g/mol. The summed E-state index contributed by atoms with van der Waals surface area (Å²) in [6.07, 6.45) is 0.683. The molecule has 1 aromatic rings. The number of aromatic nitrogens is 1. The Hall–Kier alpha value is -1.63. The molecule has 0 amide bonds. The van der Waals surface area contributed by atoms with Gasteiger partial charge in [0.25, 0.3) is 0 Å². The Bertz CT molecular complexity index is 428. The number of amidine groups is 1. The van der Waals surface area contributed by atoms with Crippen molar-refractivity contribution in [2.75, 3.05) is 5.01 Å². The maximum Gasteiger partial charge on any atom is 0.355 e. The van der Waals surface area contributed by atoms with E-state index in [9.17, 15) is 4.79 Å². The summed E-state index contributed by atoms with van der Waals surface area (Å²) in [5.74, 6) is -0.476. The maximum atomic E-state index is 10.6. The highest BCUT2D eigenvalue weighted by Gasteiger charge is 2.25. The van der Waals surface area contributed by atoms with Crippen molar-refractivity contribution in [3.63, 3.8) is 0 Å². The van der Waals surface area contributed by atoms with E-state index in [2.05, 4.69) is 10.1 Å². The number of rotatable bonds is 2. The second-order valence-corrected chi connectivity index (χ2v) is 4.15. The van der Waals surface area contributed by atoms with Crippen LogP contribution < -0.4 is 10.7 Å². The molecule has 3 N–H and O–H groups in total. The highest BCUT2D eigenvalue weighted by Crippen LogP contribution is 2.26. The van der Waals surface area contributed by atoms with Crippen LogP contribution in [0.1, 0.15) is 23.8 Å². The van der Waals surface area contributed by atoms with E-state index in [1.54, 1.807) is 5.01 Å². The molecule has 0 aliphatic carbocycles. The second kappa shape index (κ2) is 3.50. The van der Waals surface area contributed by atoms with Gasteiger partial charge in [-0.3, -0.25) is 0 Å². The molecule has 0 aromatic carbocycles. The topological polar surface area (TPSA) is 91.8 Å². The van der Waals surface area contributed by atoms with Crippen molar-refractivity contribution >= 4 is 28.3 Å². The van der Waals surface area contributed by atoms with Crippen LogP contribution in [0.4, 0.5) is 5.13 Å². The smallest absolute Gasteiger partial charge is 0.355 e. The zero-order valence-corrected chi connectivity index (χ0v) is 8.86. The Morgan fingerprint density at radius 3 is 3.00 bits per heavy atom. The molecule has 80 valence electrons. The van der Waals surface area contributed by atoms with E-state index in [1.165, 1.54) is 16.7 Å². The van der Waals surface area contributed by atoms with E-state index in [4.69, 9.17) is 10.8 Å². The third kappa shape index (κ3) is 1.78. The lowest BCUT2D eigenvalue weighted by Crippen LogP contribution is -2.22. The number of carboxylic acids is 1. The number of aromatic carboxylic acids is 1. The number of thiazole rings is 1. The predicted octanol–water partition coefficient (Wildman–Crippen LogP) is 0.712. The molecule has 0 bridgehead atoms. The zero-order valence-electron chi connectivity index (χ0n) is 8.04. The highest BCUT2D eigenvalue weighted by molar-refractivity contribution is 7.13. The molecule has 0 saturated heterocycles. The minimum absolute atomic E-state index is 0.0443. The van der Waals surface area contributed by atoms with Crippen molar-refractivity contribution in [3.05, 3.63) is 11.1 Å². The standard InChI is InChI=1S/C8H10N4O2S/c1-4-2-6(9)11-12(4)8-10-5(3-15-8)7(13)14/h3-4H,2H2,1H3,(H2,9,11)(H,13,14). The van der Waals surface area contributed by atoms with Crippen molar-refractivity contribution < 1.29 is 9.90 Å². The quantitative estimate of drug-likeness (QED) is 0.775. The summed E-state index contributed by atoms with van der Waals surface area (Å²) < 4.78 is 0. The van der Waals surface area contributed by atoms with Gasteiger partial charge in [0.2, 0.25) is 5.13 Å². The number of nitrogens with zero attached hydrogens (tertiary/aromatic N) is 3. The van der Waals surface area contributed by atoms with Crippen molar-refractivity contribution in [2.24, 2.45) is 10.8 Å². The van der Waals surface area contributed by atoms with Crippen molar-refractivity contribution in [2.45, 2.75) is 19.4 Å². The van der Waals surface area contributed by atoms with E-state index in [-0.39, 0.29) is 11.7 Å². The summed E-state index contributed by atoms with van der Waals surface area (Å²) in [6.45, 7) is 1.96. The highest BCUT2D eigenvalue weighted by atomic mass is 32.1. The van der Waals surface area contributed by atoms with Gasteiger partial charge >= 0.3 is 5.97 Å². The zero-order chi connectivity index (χ0) is 11.0. The number of hydrogen-bond donors (Lipinski definition) is 2. The molecule has 1 aromatic heterocycles. The number of carboxylic acid groups (broad SMARTS) is 1. The molecule has 6 nitrogen and oxygen atoms in total.